The lowest BCUT2D eigenvalue weighted by molar-refractivity contribution is -0.125. The zero-order chi connectivity index (χ0) is 17.9. The summed E-state index contributed by atoms with van der Waals surface area (Å²) in [6.45, 7) is 1.48. The minimum Gasteiger partial charge on any atom is -0.486 e. The van der Waals surface area contributed by atoms with Gasteiger partial charge in [-0.05, 0) is 29.1 Å². The smallest absolute Gasteiger partial charge is 0.279 e. The highest BCUT2D eigenvalue weighted by Gasteiger charge is 2.35. The number of nitrogens with one attached hydrogen (secondary N) is 4. The van der Waals surface area contributed by atoms with E-state index in [-0.39, 0.29) is 23.8 Å². The van der Waals surface area contributed by atoms with Gasteiger partial charge in [-0.1, -0.05) is 12.1 Å². The fourth-order valence-electron chi connectivity index (χ4n) is 2.99. The van der Waals surface area contributed by atoms with E-state index in [1.807, 2.05) is 18.2 Å². The first-order valence-electron chi connectivity index (χ1n) is 8.24. The number of amides is 2. The Morgan fingerprint density at radius 1 is 1.12 bits per heavy atom. The third-order valence-corrected chi connectivity index (χ3v) is 5.16. The number of benzene rings is 1. The molecular formula is C17H18N4O4S. The maximum Gasteiger partial charge on any atom is 0.279 e. The molecule has 2 aliphatic heterocycles. The van der Waals surface area contributed by atoms with Gasteiger partial charge in [-0.3, -0.25) is 25.9 Å². The Labute approximate surface area is 153 Å². The number of carbonyl (C=O) groups excluding carboxylic acids is 2. The molecule has 0 aliphatic carbocycles. The zero-order valence-electron chi connectivity index (χ0n) is 13.8. The number of thiophene rings is 1. The van der Waals surface area contributed by atoms with E-state index in [2.05, 4.69) is 21.7 Å². The summed E-state index contributed by atoms with van der Waals surface area (Å²) in [7, 11) is 0. The summed E-state index contributed by atoms with van der Waals surface area (Å²) in [5, 5.41) is 1.81. The normalized spacial score (nSPS) is 21.2. The largest absolute Gasteiger partial charge is 0.486 e. The van der Waals surface area contributed by atoms with E-state index in [9.17, 15) is 9.59 Å². The zero-order valence-corrected chi connectivity index (χ0v) is 14.6. The molecule has 1 aromatic carbocycles. The Bertz CT molecular complexity index is 811. The second-order valence-electron chi connectivity index (χ2n) is 5.93. The van der Waals surface area contributed by atoms with Gasteiger partial charge >= 0.3 is 0 Å². The van der Waals surface area contributed by atoms with Crippen LogP contribution in [0.25, 0.3) is 0 Å². The van der Waals surface area contributed by atoms with Gasteiger partial charge in [0.2, 0.25) is 5.91 Å². The maximum atomic E-state index is 12.5. The molecule has 8 nitrogen and oxygen atoms in total. The van der Waals surface area contributed by atoms with Gasteiger partial charge in [0.1, 0.15) is 13.2 Å². The van der Waals surface area contributed by atoms with Crippen LogP contribution in [0.1, 0.15) is 21.3 Å². The summed E-state index contributed by atoms with van der Waals surface area (Å²) in [5.74, 6) is 0.388. The molecule has 1 aromatic heterocycles. The van der Waals surface area contributed by atoms with E-state index < -0.39 is 0 Å². The highest BCUT2D eigenvalue weighted by atomic mass is 32.1. The van der Waals surface area contributed by atoms with Crippen molar-refractivity contribution < 1.29 is 19.1 Å². The van der Waals surface area contributed by atoms with Crippen molar-refractivity contribution in [3.8, 4) is 11.5 Å². The van der Waals surface area contributed by atoms with Crippen LogP contribution >= 0.6 is 11.3 Å². The number of hydrazine groups is 2. The molecule has 1 fully saturated rings. The van der Waals surface area contributed by atoms with Crippen molar-refractivity contribution in [2.45, 2.75) is 6.04 Å². The lowest BCUT2D eigenvalue weighted by Gasteiger charge is -2.22. The van der Waals surface area contributed by atoms with Crippen molar-refractivity contribution in [1.29, 1.82) is 0 Å². The lowest BCUT2D eigenvalue weighted by atomic mass is 9.94. The van der Waals surface area contributed by atoms with Gasteiger partial charge in [0.05, 0.1) is 16.8 Å². The van der Waals surface area contributed by atoms with Crippen LogP contribution in [0.2, 0.25) is 0 Å². The van der Waals surface area contributed by atoms with E-state index in [1.54, 1.807) is 17.5 Å². The summed E-state index contributed by atoms with van der Waals surface area (Å²) in [5.41, 5.74) is 12.0. The molecule has 0 saturated carbocycles. The molecule has 0 radical (unpaired) electrons. The van der Waals surface area contributed by atoms with Crippen LogP contribution in [0.5, 0.6) is 11.5 Å². The van der Waals surface area contributed by atoms with E-state index in [4.69, 9.17) is 9.47 Å². The molecule has 2 unspecified atom stereocenters. The second-order valence-corrected chi connectivity index (χ2v) is 6.88. The van der Waals surface area contributed by atoms with E-state index in [0.717, 1.165) is 5.56 Å². The average Bonchev–Trinajstić information content (AvgIpc) is 3.37. The molecule has 26 heavy (non-hydrogen) atoms. The Morgan fingerprint density at radius 2 is 1.96 bits per heavy atom. The molecule has 9 heteroatoms. The van der Waals surface area contributed by atoms with Crippen LogP contribution in [0.3, 0.4) is 0 Å². The van der Waals surface area contributed by atoms with Gasteiger partial charge in [0, 0.05) is 6.54 Å². The van der Waals surface area contributed by atoms with Crippen molar-refractivity contribution >= 4 is 23.2 Å². The number of ether oxygens (including phenoxy) is 2. The quantitative estimate of drug-likeness (QED) is 0.592. The molecule has 2 aromatic rings. The molecule has 4 N–H and O–H groups in total. The molecule has 2 amide bonds. The van der Waals surface area contributed by atoms with E-state index >= 15 is 0 Å². The second kappa shape index (κ2) is 7.32. The molecule has 0 spiro atoms. The molecule has 0 bridgehead atoms. The molecule has 4 rings (SSSR count). The van der Waals surface area contributed by atoms with Crippen molar-refractivity contribution in [3.05, 3.63) is 46.2 Å². The minimum absolute atomic E-state index is 0.246. The topological polar surface area (TPSA) is 101 Å². The summed E-state index contributed by atoms with van der Waals surface area (Å²) in [6, 6.07) is 8.86. The minimum atomic E-state index is -0.388. The average molecular weight is 374 g/mol. The molecule has 3 heterocycles. The summed E-state index contributed by atoms with van der Waals surface area (Å²) in [6.07, 6.45) is 0. The first kappa shape index (κ1) is 16.8. The van der Waals surface area contributed by atoms with Crippen molar-refractivity contribution in [2.75, 3.05) is 19.8 Å². The standard InChI is InChI=1S/C17H18N4O4S/c22-16(20-21-17(23)14-2-1-7-26-14)11-9-18-19-15(11)10-3-4-12-13(8-10)25-6-5-24-12/h1-4,7-8,11,15,18-19H,5-6,9H2,(H,20,22)(H,21,23). The number of rotatable bonds is 3. The van der Waals surface area contributed by atoms with Gasteiger partial charge in [-0.15, -0.1) is 11.3 Å². The Morgan fingerprint density at radius 3 is 2.77 bits per heavy atom. The number of hydrogen-bond acceptors (Lipinski definition) is 7. The van der Waals surface area contributed by atoms with Gasteiger partial charge in [0.15, 0.2) is 11.5 Å². The Kier molecular flexibility index (Phi) is 4.74. The Hall–Kier alpha value is -2.62. The third kappa shape index (κ3) is 3.36. The van der Waals surface area contributed by atoms with Crippen LogP contribution in [-0.2, 0) is 4.79 Å². The predicted octanol–water partition coefficient (Wildman–Crippen LogP) is 0.746. The van der Waals surface area contributed by atoms with Crippen molar-refractivity contribution in [2.24, 2.45) is 5.92 Å². The number of hydrogen-bond donors (Lipinski definition) is 4. The lowest BCUT2D eigenvalue weighted by Crippen LogP contribution is -2.46. The Balaban J connectivity index is 1.43. The fourth-order valence-corrected chi connectivity index (χ4v) is 3.61. The van der Waals surface area contributed by atoms with E-state index in [0.29, 0.717) is 36.1 Å². The van der Waals surface area contributed by atoms with Crippen LogP contribution in [0.15, 0.2) is 35.7 Å². The molecule has 1 saturated heterocycles. The van der Waals surface area contributed by atoms with Crippen molar-refractivity contribution in [1.82, 2.24) is 21.7 Å². The highest BCUT2D eigenvalue weighted by molar-refractivity contribution is 7.12. The van der Waals surface area contributed by atoms with Crippen LogP contribution < -0.4 is 31.2 Å². The molecule has 2 aliphatic rings. The summed E-state index contributed by atoms with van der Waals surface area (Å²) >= 11 is 1.31. The van der Waals surface area contributed by atoms with Crippen LogP contribution in [0, 0.1) is 5.92 Å². The highest BCUT2D eigenvalue weighted by Crippen LogP contribution is 2.35. The van der Waals surface area contributed by atoms with E-state index in [1.165, 1.54) is 11.3 Å². The SMILES string of the molecule is O=C(NNC(=O)C1CNNC1c1ccc2c(c1)OCCO2)c1cccs1. The number of carbonyl (C=O) groups is 2. The maximum absolute atomic E-state index is 12.5. The predicted molar refractivity (Wildman–Crippen MR) is 94.7 cm³/mol. The first-order chi connectivity index (χ1) is 12.7. The summed E-state index contributed by atoms with van der Waals surface area (Å²) in [4.78, 5) is 25.0. The first-order valence-corrected chi connectivity index (χ1v) is 9.12. The third-order valence-electron chi connectivity index (χ3n) is 4.29. The van der Waals surface area contributed by atoms with Crippen LogP contribution in [0.4, 0.5) is 0 Å². The van der Waals surface area contributed by atoms with Crippen LogP contribution in [-0.4, -0.2) is 31.6 Å². The van der Waals surface area contributed by atoms with Gasteiger partial charge < -0.3 is 9.47 Å². The van der Waals surface area contributed by atoms with Gasteiger partial charge in [-0.25, -0.2) is 5.43 Å². The fraction of sp³-hybridized carbons (Fsp3) is 0.294. The van der Waals surface area contributed by atoms with Crippen molar-refractivity contribution in [3.63, 3.8) is 0 Å². The summed E-state index contributed by atoms with van der Waals surface area (Å²) < 4.78 is 11.1. The molecule has 136 valence electrons. The molecule has 2 atom stereocenters. The van der Waals surface area contributed by atoms with Gasteiger partial charge in [0.25, 0.3) is 5.91 Å². The molecular weight excluding hydrogens is 356 g/mol. The van der Waals surface area contributed by atoms with Gasteiger partial charge in [-0.2, -0.15) is 0 Å². The number of fused-ring (bicyclic) bond motifs is 1. The monoisotopic (exact) mass is 374 g/mol.